The van der Waals surface area contributed by atoms with E-state index in [1.807, 2.05) is 7.05 Å². The normalized spacial score (nSPS) is 14.7. The van der Waals surface area contributed by atoms with Crippen molar-refractivity contribution in [3.05, 3.63) is 10.6 Å². The van der Waals surface area contributed by atoms with Gasteiger partial charge in [0.2, 0.25) is 5.91 Å². The van der Waals surface area contributed by atoms with Crippen molar-refractivity contribution < 1.29 is 4.79 Å². The van der Waals surface area contributed by atoms with Gasteiger partial charge in [-0.1, -0.05) is 12.8 Å². The van der Waals surface area contributed by atoms with Crippen LogP contribution in [0, 0.1) is 0 Å². The first kappa shape index (κ1) is 17.4. The summed E-state index contributed by atoms with van der Waals surface area (Å²) in [6.45, 7) is 0.877. The summed E-state index contributed by atoms with van der Waals surface area (Å²) in [4.78, 5) is 17.7. The molecule has 2 N–H and O–H groups in total. The summed E-state index contributed by atoms with van der Waals surface area (Å²) < 4.78 is 0. The summed E-state index contributed by atoms with van der Waals surface area (Å²) in [7, 11) is 1.90. The molecule has 20 heavy (non-hydrogen) atoms. The zero-order valence-electron chi connectivity index (χ0n) is 12.0. The Morgan fingerprint density at radius 1 is 1.25 bits per heavy atom. The fourth-order valence-electron chi connectivity index (χ4n) is 2.37. The van der Waals surface area contributed by atoms with E-state index in [4.69, 9.17) is 0 Å². The van der Waals surface area contributed by atoms with Gasteiger partial charge in [0, 0.05) is 11.3 Å². The molecule has 0 radical (unpaired) electrons. The monoisotopic (exact) mass is 317 g/mol. The van der Waals surface area contributed by atoms with Crippen LogP contribution in [0.25, 0.3) is 0 Å². The standard InChI is InChI=1S/C14H23N3OS.ClH/c1-15-10-6-9-13(18)17-14-16-11-7-4-2-3-5-8-12(11)19-14;/h15H,2-10H2,1H3,(H,16,17,18);1H. The van der Waals surface area contributed by atoms with E-state index in [2.05, 4.69) is 15.6 Å². The van der Waals surface area contributed by atoms with Crippen LogP contribution in [0.2, 0.25) is 0 Å². The Balaban J connectivity index is 0.00000200. The summed E-state index contributed by atoms with van der Waals surface area (Å²) in [6.07, 6.45) is 8.74. The first-order chi connectivity index (χ1) is 9.29. The quantitative estimate of drug-likeness (QED) is 0.820. The molecule has 4 nitrogen and oxygen atoms in total. The highest BCUT2D eigenvalue weighted by Crippen LogP contribution is 2.28. The molecule has 0 atom stereocenters. The maximum atomic E-state index is 11.8. The van der Waals surface area contributed by atoms with Crippen LogP contribution in [0.3, 0.4) is 0 Å². The minimum absolute atomic E-state index is 0. The van der Waals surface area contributed by atoms with Gasteiger partial charge in [0.15, 0.2) is 5.13 Å². The number of anilines is 1. The average molecular weight is 318 g/mol. The van der Waals surface area contributed by atoms with E-state index >= 15 is 0 Å². The Hall–Kier alpha value is -0.650. The van der Waals surface area contributed by atoms with Crippen molar-refractivity contribution in [3.63, 3.8) is 0 Å². The van der Waals surface area contributed by atoms with Crippen LogP contribution in [-0.4, -0.2) is 24.5 Å². The van der Waals surface area contributed by atoms with Gasteiger partial charge in [-0.25, -0.2) is 4.98 Å². The fourth-order valence-corrected chi connectivity index (χ4v) is 3.43. The predicted octanol–water partition coefficient (Wildman–Crippen LogP) is 3.16. The molecule has 0 bridgehead atoms. The summed E-state index contributed by atoms with van der Waals surface area (Å²) in [6, 6.07) is 0. The second-order valence-electron chi connectivity index (χ2n) is 5.06. The van der Waals surface area contributed by atoms with Gasteiger partial charge in [-0.15, -0.1) is 23.7 Å². The summed E-state index contributed by atoms with van der Waals surface area (Å²) in [5.74, 6) is 0.0805. The molecule has 1 aliphatic carbocycles. The molecule has 0 fully saturated rings. The highest BCUT2D eigenvalue weighted by Gasteiger charge is 2.14. The number of aryl methyl sites for hydroxylation is 2. The molecule has 2 rings (SSSR count). The van der Waals surface area contributed by atoms with Crippen LogP contribution >= 0.6 is 23.7 Å². The molecule has 1 aliphatic rings. The van der Waals surface area contributed by atoms with Crippen molar-refractivity contribution in [3.8, 4) is 0 Å². The van der Waals surface area contributed by atoms with Crippen LogP contribution < -0.4 is 10.6 Å². The van der Waals surface area contributed by atoms with E-state index in [9.17, 15) is 4.79 Å². The number of thiazole rings is 1. The van der Waals surface area contributed by atoms with Crippen molar-refractivity contribution >= 4 is 34.8 Å². The summed E-state index contributed by atoms with van der Waals surface area (Å²) in [5.41, 5.74) is 1.22. The van der Waals surface area contributed by atoms with Crippen LogP contribution in [0.5, 0.6) is 0 Å². The number of rotatable bonds is 5. The van der Waals surface area contributed by atoms with E-state index in [1.165, 1.54) is 36.3 Å². The lowest BCUT2D eigenvalue weighted by Gasteiger charge is -2.06. The molecule has 0 aliphatic heterocycles. The third-order valence-corrected chi connectivity index (χ3v) is 4.50. The first-order valence-corrected chi connectivity index (χ1v) is 8.04. The minimum atomic E-state index is 0. The predicted molar refractivity (Wildman–Crippen MR) is 87.0 cm³/mol. The molecule has 1 amide bonds. The largest absolute Gasteiger partial charge is 0.320 e. The summed E-state index contributed by atoms with van der Waals surface area (Å²) >= 11 is 1.67. The van der Waals surface area contributed by atoms with E-state index in [0.717, 1.165) is 30.9 Å². The fraction of sp³-hybridized carbons (Fsp3) is 0.714. The number of amides is 1. The lowest BCUT2D eigenvalue weighted by molar-refractivity contribution is -0.116. The third kappa shape index (κ3) is 5.38. The van der Waals surface area contributed by atoms with Gasteiger partial charge in [0.25, 0.3) is 0 Å². The van der Waals surface area contributed by atoms with Gasteiger partial charge in [-0.05, 0) is 45.7 Å². The van der Waals surface area contributed by atoms with E-state index in [0.29, 0.717) is 6.42 Å². The van der Waals surface area contributed by atoms with Gasteiger partial charge >= 0.3 is 0 Å². The lowest BCUT2D eigenvalue weighted by Crippen LogP contribution is -2.15. The number of aromatic nitrogens is 1. The van der Waals surface area contributed by atoms with Gasteiger partial charge in [0.1, 0.15) is 0 Å². The maximum absolute atomic E-state index is 11.8. The molecule has 0 saturated carbocycles. The lowest BCUT2D eigenvalue weighted by atomic mass is 10.0. The molecule has 0 saturated heterocycles. The zero-order valence-corrected chi connectivity index (χ0v) is 13.7. The SMILES string of the molecule is CNCCCC(=O)Nc1nc2c(s1)CCCCCC2.Cl. The van der Waals surface area contributed by atoms with E-state index < -0.39 is 0 Å². The second kappa shape index (κ2) is 9.32. The maximum Gasteiger partial charge on any atom is 0.226 e. The summed E-state index contributed by atoms with van der Waals surface area (Å²) in [5, 5.41) is 6.78. The Kier molecular flexibility index (Phi) is 8.11. The van der Waals surface area contributed by atoms with Crippen molar-refractivity contribution in [1.29, 1.82) is 0 Å². The zero-order chi connectivity index (χ0) is 13.5. The van der Waals surface area contributed by atoms with Gasteiger partial charge < -0.3 is 10.6 Å². The topological polar surface area (TPSA) is 54.0 Å². The highest BCUT2D eigenvalue weighted by molar-refractivity contribution is 7.15. The van der Waals surface area contributed by atoms with Crippen molar-refractivity contribution in [2.75, 3.05) is 18.9 Å². The van der Waals surface area contributed by atoms with Crippen LogP contribution in [0.1, 0.15) is 49.1 Å². The van der Waals surface area contributed by atoms with E-state index in [1.54, 1.807) is 11.3 Å². The molecule has 0 aromatic carbocycles. The number of fused-ring (bicyclic) bond motifs is 1. The second-order valence-corrected chi connectivity index (χ2v) is 6.14. The molecule has 0 unspecified atom stereocenters. The molecule has 1 heterocycles. The van der Waals surface area contributed by atoms with Crippen molar-refractivity contribution in [2.24, 2.45) is 0 Å². The molecule has 1 aromatic rings. The number of hydrogen-bond donors (Lipinski definition) is 2. The smallest absolute Gasteiger partial charge is 0.226 e. The molecular formula is C14H24ClN3OS. The Morgan fingerprint density at radius 3 is 2.75 bits per heavy atom. The molecule has 1 aromatic heterocycles. The van der Waals surface area contributed by atoms with Crippen LogP contribution in [-0.2, 0) is 17.6 Å². The number of halogens is 1. The highest BCUT2D eigenvalue weighted by atomic mass is 35.5. The Bertz CT molecular complexity index is 397. The van der Waals surface area contributed by atoms with Crippen molar-refractivity contribution in [1.82, 2.24) is 10.3 Å². The number of hydrogen-bond acceptors (Lipinski definition) is 4. The number of carbonyl (C=O) groups is 1. The van der Waals surface area contributed by atoms with Gasteiger partial charge in [0.05, 0.1) is 5.69 Å². The number of carbonyl (C=O) groups excluding carboxylic acids is 1. The molecular weight excluding hydrogens is 294 g/mol. The molecule has 114 valence electrons. The minimum Gasteiger partial charge on any atom is -0.320 e. The number of nitrogens with one attached hydrogen (secondary N) is 2. The molecule has 6 heteroatoms. The van der Waals surface area contributed by atoms with Crippen LogP contribution in [0.15, 0.2) is 0 Å². The first-order valence-electron chi connectivity index (χ1n) is 7.22. The van der Waals surface area contributed by atoms with Crippen LogP contribution in [0.4, 0.5) is 5.13 Å². The van der Waals surface area contributed by atoms with E-state index in [-0.39, 0.29) is 18.3 Å². The van der Waals surface area contributed by atoms with Gasteiger partial charge in [-0.3, -0.25) is 4.79 Å². The third-order valence-electron chi connectivity index (χ3n) is 3.42. The Labute approximate surface area is 131 Å². The van der Waals surface area contributed by atoms with Crippen molar-refractivity contribution in [2.45, 2.75) is 51.4 Å². The molecule has 0 spiro atoms. The average Bonchev–Trinajstić information content (AvgIpc) is 2.71. The number of nitrogens with zero attached hydrogens (tertiary/aromatic N) is 1. The van der Waals surface area contributed by atoms with Gasteiger partial charge in [-0.2, -0.15) is 0 Å². The Morgan fingerprint density at radius 2 is 2.00 bits per heavy atom.